The zero-order valence-corrected chi connectivity index (χ0v) is 12.6. The van der Waals surface area contributed by atoms with E-state index in [-0.39, 0.29) is 5.56 Å². The predicted molar refractivity (Wildman–Crippen MR) is 80.3 cm³/mol. The lowest BCUT2D eigenvalue weighted by Crippen LogP contribution is -2.04. The van der Waals surface area contributed by atoms with Gasteiger partial charge in [-0.1, -0.05) is 18.2 Å². The maximum Gasteiger partial charge on any atom is 0.339 e. The van der Waals surface area contributed by atoms with E-state index in [9.17, 15) is 9.18 Å². The molecule has 0 aliphatic carbocycles. The van der Waals surface area contributed by atoms with E-state index in [0.717, 1.165) is 11.3 Å². The largest absolute Gasteiger partial charge is 0.497 e. The molecule has 0 fully saturated rings. The van der Waals surface area contributed by atoms with Crippen molar-refractivity contribution >= 4 is 17.7 Å². The highest BCUT2D eigenvalue weighted by atomic mass is 32.2. The van der Waals surface area contributed by atoms with Crippen molar-refractivity contribution < 1.29 is 18.7 Å². The molecule has 5 heteroatoms. The van der Waals surface area contributed by atoms with Gasteiger partial charge in [-0.25, -0.2) is 9.18 Å². The number of benzene rings is 2. The fraction of sp³-hybridized carbons (Fsp3) is 0.188. The molecule has 0 spiro atoms. The maximum atomic E-state index is 13.9. The van der Waals surface area contributed by atoms with Gasteiger partial charge in [0.25, 0.3) is 0 Å². The third-order valence-corrected chi connectivity index (χ3v) is 4.10. The lowest BCUT2D eigenvalue weighted by molar-refractivity contribution is 0.0595. The molecule has 0 aliphatic heterocycles. The summed E-state index contributed by atoms with van der Waals surface area (Å²) in [5.74, 6) is 0.364. The smallest absolute Gasteiger partial charge is 0.339 e. The first-order valence-electron chi connectivity index (χ1n) is 6.28. The summed E-state index contributed by atoms with van der Waals surface area (Å²) in [5.41, 5.74) is 1.26. The molecule has 2 aromatic rings. The van der Waals surface area contributed by atoms with Gasteiger partial charge in [0.1, 0.15) is 11.6 Å². The number of halogens is 1. The maximum absolute atomic E-state index is 13.9. The lowest BCUT2D eigenvalue weighted by Gasteiger charge is -2.09. The molecule has 0 N–H and O–H groups in total. The number of thioether (sulfide) groups is 1. The number of rotatable bonds is 5. The van der Waals surface area contributed by atoms with Gasteiger partial charge in [-0.2, -0.15) is 0 Å². The van der Waals surface area contributed by atoms with Crippen LogP contribution in [0.2, 0.25) is 0 Å². The second-order valence-electron chi connectivity index (χ2n) is 4.24. The Kier molecular flexibility index (Phi) is 5.22. The Labute approximate surface area is 127 Å². The number of carbonyl (C=O) groups excluding carboxylic acids is 1. The fourth-order valence-corrected chi connectivity index (χ4v) is 2.82. The molecule has 0 saturated carbocycles. The number of ether oxygens (including phenoxy) is 2. The Hall–Kier alpha value is -2.01. The molecule has 0 aliphatic rings. The summed E-state index contributed by atoms with van der Waals surface area (Å²) in [6.07, 6.45) is 0. The molecule has 0 unspecified atom stereocenters. The molecular formula is C16H15FO3S. The molecule has 0 saturated heterocycles. The van der Waals surface area contributed by atoms with Gasteiger partial charge in [0, 0.05) is 5.75 Å². The standard InChI is InChI=1S/C16H15FO3S/c1-19-12-8-6-11(7-9-12)10-21-15-13(16(18)20-2)4-3-5-14(15)17/h3-9H,10H2,1-2H3. The van der Waals surface area contributed by atoms with Gasteiger partial charge in [-0.05, 0) is 29.8 Å². The number of hydrogen-bond acceptors (Lipinski definition) is 4. The number of hydrogen-bond donors (Lipinski definition) is 0. The lowest BCUT2D eigenvalue weighted by atomic mass is 10.2. The van der Waals surface area contributed by atoms with Crippen LogP contribution in [0.25, 0.3) is 0 Å². The van der Waals surface area contributed by atoms with Crippen LogP contribution < -0.4 is 4.74 Å². The van der Waals surface area contributed by atoms with Gasteiger partial charge in [-0.15, -0.1) is 11.8 Å². The van der Waals surface area contributed by atoms with Crippen LogP contribution in [0.4, 0.5) is 4.39 Å². The monoisotopic (exact) mass is 306 g/mol. The average Bonchev–Trinajstić information content (AvgIpc) is 2.53. The minimum atomic E-state index is -0.535. The van der Waals surface area contributed by atoms with Crippen LogP contribution in [-0.4, -0.2) is 20.2 Å². The van der Waals surface area contributed by atoms with Crippen molar-refractivity contribution in [2.24, 2.45) is 0 Å². The van der Waals surface area contributed by atoms with Crippen LogP contribution in [0.15, 0.2) is 47.4 Å². The van der Waals surface area contributed by atoms with E-state index in [1.54, 1.807) is 13.2 Å². The van der Waals surface area contributed by atoms with E-state index >= 15 is 0 Å². The van der Waals surface area contributed by atoms with E-state index in [2.05, 4.69) is 4.74 Å². The molecule has 0 heterocycles. The Morgan fingerprint density at radius 3 is 2.48 bits per heavy atom. The topological polar surface area (TPSA) is 35.5 Å². The zero-order chi connectivity index (χ0) is 15.2. The second kappa shape index (κ2) is 7.13. The van der Waals surface area contributed by atoms with Gasteiger partial charge >= 0.3 is 5.97 Å². The summed E-state index contributed by atoms with van der Waals surface area (Å²) < 4.78 is 23.7. The average molecular weight is 306 g/mol. The molecule has 0 aromatic heterocycles. The quantitative estimate of drug-likeness (QED) is 0.620. The van der Waals surface area contributed by atoms with Crippen molar-refractivity contribution in [2.75, 3.05) is 14.2 Å². The van der Waals surface area contributed by atoms with E-state index in [1.807, 2.05) is 24.3 Å². The van der Waals surface area contributed by atoms with E-state index in [0.29, 0.717) is 10.6 Å². The van der Waals surface area contributed by atoms with Crippen molar-refractivity contribution in [2.45, 2.75) is 10.6 Å². The SMILES string of the molecule is COC(=O)c1cccc(F)c1SCc1ccc(OC)cc1. The minimum Gasteiger partial charge on any atom is -0.497 e. The number of carbonyl (C=O) groups is 1. The van der Waals surface area contributed by atoms with Crippen LogP contribution >= 0.6 is 11.8 Å². The van der Waals surface area contributed by atoms with Crippen LogP contribution in [0.3, 0.4) is 0 Å². The Morgan fingerprint density at radius 1 is 1.14 bits per heavy atom. The summed E-state index contributed by atoms with van der Waals surface area (Å²) in [7, 11) is 2.89. The molecule has 3 nitrogen and oxygen atoms in total. The van der Waals surface area contributed by atoms with Crippen LogP contribution in [0, 0.1) is 5.82 Å². The summed E-state index contributed by atoms with van der Waals surface area (Å²) >= 11 is 1.27. The molecule has 2 rings (SSSR count). The van der Waals surface area contributed by atoms with Gasteiger partial charge < -0.3 is 9.47 Å². The summed E-state index contributed by atoms with van der Waals surface area (Å²) in [6, 6.07) is 11.9. The van der Waals surface area contributed by atoms with Crippen molar-refractivity contribution in [3.05, 3.63) is 59.4 Å². The molecule has 0 amide bonds. The summed E-state index contributed by atoms with van der Waals surface area (Å²) in [5, 5.41) is 0. The van der Waals surface area contributed by atoms with E-state index < -0.39 is 11.8 Å². The van der Waals surface area contributed by atoms with Crippen LogP contribution in [0.1, 0.15) is 15.9 Å². The van der Waals surface area contributed by atoms with Crippen molar-refractivity contribution in [1.82, 2.24) is 0 Å². The Bertz CT molecular complexity index is 626. The van der Waals surface area contributed by atoms with Gasteiger partial charge in [0.15, 0.2) is 0 Å². The normalized spacial score (nSPS) is 10.2. The van der Waals surface area contributed by atoms with Crippen LogP contribution in [-0.2, 0) is 10.5 Å². The highest BCUT2D eigenvalue weighted by Gasteiger charge is 2.16. The Morgan fingerprint density at radius 2 is 1.86 bits per heavy atom. The molecule has 21 heavy (non-hydrogen) atoms. The summed E-state index contributed by atoms with van der Waals surface area (Å²) in [4.78, 5) is 12.0. The van der Waals surface area contributed by atoms with Crippen molar-refractivity contribution in [3.63, 3.8) is 0 Å². The molecule has 110 valence electrons. The van der Waals surface area contributed by atoms with Crippen molar-refractivity contribution in [3.8, 4) is 5.75 Å². The van der Waals surface area contributed by atoms with Gasteiger partial charge in [0.2, 0.25) is 0 Å². The minimum absolute atomic E-state index is 0.246. The third kappa shape index (κ3) is 3.76. The highest BCUT2D eigenvalue weighted by molar-refractivity contribution is 7.98. The van der Waals surface area contributed by atoms with Crippen LogP contribution in [0.5, 0.6) is 5.75 Å². The third-order valence-electron chi connectivity index (χ3n) is 2.91. The fourth-order valence-electron chi connectivity index (χ4n) is 1.80. The predicted octanol–water partition coefficient (Wildman–Crippen LogP) is 3.91. The second-order valence-corrected chi connectivity index (χ2v) is 5.23. The highest BCUT2D eigenvalue weighted by Crippen LogP contribution is 2.30. The molecule has 0 radical (unpaired) electrons. The number of esters is 1. The first-order chi connectivity index (χ1) is 10.2. The van der Waals surface area contributed by atoms with Gasteiger partial charge in [0.05, 0.1) is 24.7 Å². The molecule has 0 bridgehead atoms. The molecule has 2 aromatic carbocycles. The first kappa shape index (κ1) is 15.4. The molecular weight excluding hydrogens is 291 g/mol. The first-order valence-corrected chi connectivity index (χ1v) is 7.27. The van der Waals surface area contributed by atoms with Crippen molar-refractivity contribution in [1.29, 1.82) is 0 Å². The zero-order valence-electron chi connectivity index (χ0n) is 11.8. The van der Waals surface area contributed by atoms with E-state index in [1.165, 1.54) is 31.0 Å². The molecule has 0 atom stereocenters. The van der Waals surface area contributed by atoms with Gasteiger partial charge in [-0.3, -0.25) is 0 Å². The Balaban J connectivity index is 2.17. The summed E-state index contributed by atoms with van der Waals surface area (Å²) in [6.45, 7) is 0. The number of methoxy groups -OCH3 is 2. The van der Waals surface area contributed by atoms with E-state index in [4.69, 9.17) is 4.74 Å².